The number of aliphatic carboxylic acids is 1. The molecule has 4 nitrogen and oxygen atoms in total. The van der Waals surface area contributed by atoms with Crippen LogP contribution in [0.3, 0.4) is 0 Å². The van der Waals surface area contributed by atoms with E-state index in [2.05, 4.69) is 10.8 Å². The maximum absolute atomic E-state index is 10.6. The summed E-state index contributed by atoms with van der Waals surface area (Å²) in [6.07, 6.45) is 1.27. The Morgan fingerprint density at radius 3 is 2.12 bits per heavy atom. The van der Waals surface area contributed by atoms with Crippen LogP contribution in [0.4, 0.5) is 13.2 Å². The minimum absolute atomic E-state index is 0.125. The van der Waals surface area contributed by atoms with Crippen molar-refractivity contribution >= 4 is 5.97 Å². The molecular weight excluding hydrogens is 239 g/mol. The highest BCUT2D eigenvalue weighted by Crippen LogP contribution is 2.22. The zero-order chi connectivity index (χ0) is 13.7. The second kappa shape index (κ2) is 5.89. The lowest BCUT2D eigenvalue weighted by atomic mass is 9.99. The van der Waals surface area contributed by atoms with Crippen molar-refractivity contribution in [1.29, 1.82) is 0 Å². The van der Waals surface area contributed by atoms with Crippen LogP contribution in [0.1, 0.15) is 6.42 Å². The Bertz CT molecular complexity index is 301. The van der Waals surface area contributed by atoms with Crippen LogP contribution in [0, 0.1) is 12.3 Å². The van der Waals surface area contributed by atoms with Gasteiger partial charge in [0.15, 0.2) is 0 Å². The van der Waals surface area contributed by atoms with E-state index < -0.39 is 12.1 Å². The number of alkyl halides is 3. The molecule has 1 aliphatic rings. The molecule has 0 spiro atoms. The molecule has 17 heavy (non-hydrogen) atoms. The van der Waals surface area contributed by atoms with Gasteiger partial charge < -0.3 is 9.84 Å². The molecule has 0 aromatic heterocycles. The molecule has 1 aliphatic heterocycles. The van der Waals surface area contributed by atoms with Crippen LogP contribution >= 0.6 is 0 Å². The maximum Gasteiger partial charge on any atom is 0.490 e. The van der Waals surface area contributed by atoms with Crippen molar-refractivity contribution in [3.05, 3.63) is 0 Å². The van der Waals surface area contributed by atoms with Crippen molar-refractivity contribution in [2.24, 2.45) is 0 Å². The van der Waals surface area contributed by atoms with E-state index in [0.717, 1.165) is 13.0 Å². The van der Waals surface area contributed by atoms with Gasteiger partial charge >= 0.3 is 12.1 Å². The monoisotopic (exact) mass is 253 g/mol. The molecule has 0 saturated carbocycles. The Kier molecular flexibility index (Phi) is 5.45. The zero-order valence-electron chi connectivity index (χ0n) is 9.54. The predicted octanol–water partition coefficient (Wildman–Crippen LogP) is 0.974. The molecule has 1 rings (SSSR count). The molecule has 1 N–H and O–H groups in total. The van der Waals surface area contributed by atoms with Crippen molar-refractivity contribution < 1.29 is 27.8 Å². The van der Waals surface area contributed by atoms with Crippen molar-refractivity contribution in [2.75, 3.05) is 27.3 Å². The number of halogens is 3. The van der Waals surface area contributed by atoms with E-state index in [1.54, 1.807) is 0 Å². The number of terminal acetylenes is 1. The van der Waals surface area contributed by atoms with Crippen LogP contribution in [-0.2, 0) is 9.53 Å². The lowest BCUT2D eigenvalue weighted by molar-refractivity contribution is -0.192. The molecule has 0 radical (unpaired) electrons. The van der Waals surface area contributed by atoms with Gasteiger partial charge in [-0.1, -0.05) is 5.92 Å². The first-order valence-corrected chi connectivity index (χ1v) is 4.69. The van der Waals surface area contributed by atoms with Crippen molar-refractivity contribution in [2.45, 2.75) is 18.1 Å². The van der Waals surface area contributed by atoms with E-state index in [1.165, 1.54) is 0 Å². The zero-order valence-corrected chi connectivity index (χ0v) is 9.54. The fourth-order valence-corrected chi connectivity index (χ4v) is 1.15. The number of carboxylic acids is 1. The summed E-state index contributed by atoms with van der Waals surface area (Å²) in [6.45, 7) is 1.47. The summed E-state index contributed by atoms with van der Waals surface area (Å²) in [6, 6.07) is 0. The molecule has 0 aromatic rings. The van der Waals surface area contributed by atoms with Crippen LogP contribution in [-0.4, -0.2) is 55.0 Å². The minimum atomic E-state index is -5.08. The molecule has 1 saturated heterocycles. The summed E-state index contributed by atoms with van der Waals surface area (Å²) in [5.41, 5.74) is -0.125. The number of ether oxygens (including phenoxy) is 1. The quantitative estimate of drug-likeness (QED) is 0.707. The molecule has 1 heterocycles. The lowest BCUT2D eigenvalue weighted by Gasteiger charge is -2.28. The van der Waals surface area contributed by atoms with Gasteiger partial charge in [-0.25, -0.2) is 4.79 Å². The molecular formula is C10H14F3NO3. The lowest BCUT2D eigenvalue weighted by Crippen LogP contribution is -2.43. The first-order chi connectivity index (χ1) is 7.65. The topological polar surface area (TPSA) is 49.8 Å². The van der Waals surface area contributed by atoms with E-state index in [4.69, 9.17) is 21.1 Å². The third-order valence-electron chi connectivity index (χ3n) is 2.37. The summed E-state index contributed by atoms with van der Waals surface area (Å²) in [5.74, 6) is 0.0208. The normalized spacial score (nSPS) is 23.8. The smallest absolute Gasteiger partial charge is 0.475 e. The SMILES string of the molecule is C#CC1(N(C)C)CCOC1.O=C(O)C(F)(F)F. The number of likely N-dealkylation sites (N-methyl/N-ethyl adjacent to an activating group) is 1. The van der Waals surface area contributed by atoms with Crippen LogP contribution < -0.4 is 0 Å². The van der Waals surface area contributed by atoms with Gasteiger partial charge in [0.05, 0.1) is 6.61 Å². The summed E-state index contributed by atoms with van der Waals surface area (Å²) in [7, 11) is 3.99. The van der Waals surface area contributed by atoms with Crippen molar-refractivity contribution in [1.82, 2.24) is 4.90 Å². The number of carboxylic acid groups (broad SMARTS) is 1. The number of hydrogen-bond donors (Lipinski definition) is 1. The first kappa shape index (κ1) is 15.7. The van der Waals surface area contributed by atoms with Gasteiger partial charge in [0.2, 0.25) is 0 Å². The van der Waals surface area contributed by atoms with Crippen LogP contribution in [0.25, 0.3) is 0 Å². The van der Waals surface area contributed by atoms with Crippen molar-refractivity contribution in [3.8, 4) is 12.3 Å². The van der Waals surface area contributed by atoms with Gasteiger partial charge in [-0.15, -0.1) is 6.42 Å². The standard InChI is InChI=1S/C8H13NO.C2HF3O2/c1-4-8(9(2)3)5-6-10-7-8;3-2(4,5)1(6)7/h1H,5-7H2,2-3H3;(H,6,7). The summed E-state index contributed by atoms with van der Waals surface area (Å²) in [5, 5.41) is 7.12. The summed E-state index contributed by atoms with van der Waals surface area (Å²) < 4.78 is 37.0. The predicted molar refractivity (Wildman–Crippen MR) is 54.4 cm³/mol. The molecule has 0 bridgehead atoms. The van der Waals surface area contributed by atoms with Crippen LogP contribution in [0.5, 0.6) is 0 Å². The van der Waals surface area contributed by atoms with Gasteiger partial charge in [-0.05, 0) is 14.1 Å². The third-order valence-corrected chi connectivity index (χ3v) is 2.37. The van der Waals surface area contributed by atoms with Gasteiger partial charge in [0.25, 0.3) is 0 Å². The van der Waals surface area contributed by atoms with Crippen LogP contribution in [0.2, 0.25) is 0 Å². The highest BCUT2D eigenvalue weighted by Gasteiger charge is 2.38. The molecule has 0 aromatic carbocycles. The number of carbonyl (C=O) groups is 1. The second-order valence-electron chi connectivity index (χ2n) is 3.68. The Hall–Kier alpha value is -1.26. The largest absolute Gasteiger partial charge is 0.490 e. The van der Waals surface area contributed by atoms with Crippen molar-refractivity contribution in [3.63, 3.8) is 0 Å². The molecule has 98 valence electrons. The minimum Gasteiger partial charge on any atom is -0.475 e. The van der Waals surface area contributed by atoms with E-state index in [9.17, 15) is 13.2 Å². The van der Waals surface area contributed by atoms with E-state index >= 15 is 0 Å². The fraction of sp³-hybridized carbons (Fsp3) is 0.700. The average Bonchev–Trinajstić information content (AvgIpc) is 2.66. The van der Waals surface area contributed by atoms with E-state index in [0.29, 0.717) is 6.61 Å². The second-order valence-corrected chi connectivity index (χ2v) is 3.68. The Morgan fingerprint density at radius 1 is 1.53 bits per heavy atom. The van der Waals surface area contributed by atoms with Gasteiger partial charge in [-0.3, -0.25) is 4.90 Å². The summed E-state index contributed by atoms with van der Waals surface area (Å²) >= 11 is 0. The van der Waals surface area contributed by atoms with Gasteiger partial charge in [-0.2, -0.15) is 13.2 Å². The van der Waals surface area contributed by atoms with Crippen LogP contribution in [0.15, 0.2) is 0 Å². The molecule has 1 unspecified atom stereocenters. The maximum atomic E-state index is 10.6. The fourth-order valence-electron chi connectivity index (χ4n) is 1.15. The Balaban J connectivity index is 0.000000325. The molecule has 7 heteroatoms. The Morgan fingerprint density at radius 2 is 2.00 bits per heavy atom. The number of nitrogens with zero attached hydrogens (tertiary/aromatic N) is 1. The number of rotatable bonds is 1. The Labute approximate surface area is 97.3 Å². The first-order valence-electron chi connectivity index (χ1n) is 4.69. The highest BCUT2D eigenvalue weighted by molar-refractivity contribution is 5.73. The average molecular weight is 253 g/mol. The van der Waals surface area contributed by atoms with E-state index in [-0.39, 0.29) is 5.54 Å². The molecule has 0 aliphatic carbocycles. The highest BCUT2D eigenvalue weighted by atomic mass is 19.4. The van der Waals surface area contributed by atoms with Gasteiger partial charge in [0.1, 0.15) is 5.54 Å². The molecule has 1 fully saturated rings. The third kappa shape index (κ3) is 4.63. The van der Waals surface area contributed by atoms with Gasteiger partial charge in [0, 0.05) is 13.0 Å². The summed E-state index contributed by atoms with van der Waals surface area (Å²) in [4.78, 5) is 11.0. The molecule has 1 atom stereocenters. The molecule has 0 amide bonds. The number of hydrogen-bond acceptors (Lipinski definition) is 3. The van der Waals surface area contributed by atoms with E-state index in [1.807, 2.05) is 14.1 Å².